The first-order valence-corrected chi connectivity index (χ1v) is 9.87. The molecule has 9 nitrogen and oxygen atoms in total. The van der Waals surface area contributed by atoms with Crippen molar-refractivity contribution in [3.8, 4) is 5.75 Å². The summed E-state index contributed by atoms with van der Waals surface area (Å²) < 4.78 is 10.4. The first kappa shape index (κ1) is 21.8. The summed E-state index contributed by atoms with van der Waals surface area (Å²) in [6, 6.07) is 8.42. The maximum Gasteiger partial charge on any atom is 0.326 e. The molecular formula is C21H27N3O6. The average Bonchev–Trinajstić information content (AvgIpc) is 3.18. The Morgan fingerprint density at radius 2 is 1.87 bits per heavy atom. The fourth-order valence-corrected chi connectivity index (χ4v) is 4.37. The zero-order valence-corrected chi connectivity index (χ0v) is 17.6. The maximum absolute atomic E-state index is 12.7. The van der Waals surface area contributed by atoms with Crippen molar-refractivity contribution in [3.63, 3.8) is 0 Å². The molecule has 2 aliphatic heterocycles. The summed E-state index contributed by atoms with van der Waals surface area (Å²) in [7, 11) is 2.65. The van der Waals surface area contributed by atoms with E-state index >= 15 is 0 Å². The number of methoxy groups -OCH3 is 1. The molecule has 3 amide bonds. The van der Waals surface area contributed by atoms with E-state index in [0.29, 0.717) is 12.3 Å². The van der Waals surface area contributed by atoms with Crippen LogP contribution < -0.4 is 10.1 Å². The van der Waals surface area contributed by atoms with Gasteiger partial charge in [0.15, 0.2) is 6.61 Å². The highest BCUT2D eigenvalue weighted by atomic mass is 16.5. The SMILES string of the molecule is CCN(C[C@H]1N[C@@](C)(C(=O)OC)[C@H]2C(=O)N(C)C(=O)[C@@H]12)C(=O)COc1ccccc1. The van der Waals surface area contributed by atoms with Crippen molar-refractivity contribution >= 4 is 23.7 Å². The van der Waals surface area contributed by atoms with E-state index in [9.17, 15) is 19.2 Å². The molecule has 0 spiro atoms. The van der Waals surface area contributed by atoms with Gasteiger partial charge in [0.05, 0.1) is 18.9 Å². The van der Waals surface area contributed by atoms with E-state index in [1.807, 2.05) is 25.1 Å². The Morgan fingerprint density at radius 1 is 1.20 bits per heavy atom. The number of nitrogens with zero attached hydrogens (tertiary/aromatic N) is 2. The number of imide groups is 1. The predicted octanol–water partition coefficient (Wildman–Crippen LogP) is 0.0484. The number of likely N-dealkylation sites (N-methyl/N-ethyl adjacent to an activating group) is 1. The molecule has 0 saturated carbocycles. The Bertz CT molecular complexity index is 844. The number of rotatable bonds is 7. The number of nitrogens with one attached hydrogen (secondary N) is 1. The van der Waals surface area contributed by atoms with Gasteiger partial charge in [-0.15, -0.1) is 0 Å². The monoisotopic (exact) mass is 417 g/mol. The number of hydrogen-bond acceptors (Lipinski definition) is 7. The summed E-state index contributed by atoms with van der Waals surface area (Å²) in [4.78, 5) is 53.2. The van der Waals surface area contributed by atoms with E-state index < -0.39 is 35.3 Å². The van der Waals surface area contributed by atoms with Gasteiger partial charge in [-0.25, -0.2) is 0 Å². The molecule has 0 unspecified atom stereocenters. The molecule has 2 fully saturated rings. The number of hydrogen-bond donors (Lipinski definition) is 1. The molecule has 2 heterocycles. The van der Waals surface area contributed by atoms with Crippen molar-refractivity contribution in [1.82, 2.24) is 15.1 Å². The molecular weight excluding hydrogens is 390 g/mol. The molecule has 3 rings (SSSR count). The molecule has 1 aromatic rings. The van der Waals surface area contributed by atoms with Crippen LogP contribution in [0.4, 0.5) is 0 Å². The van der Waals surface area contributed by atoms with Crippen molar-refractivity contribution in [2.24, 2.45) is 11.8 Å². The van der Waals surface area contributed by atoms with Gasteiger partial charge < -0.3 is 14.4 Å². The Kier molecular flexibility index (Phi) is 6.12. The van der Waals surface area contributed by atoms with Crippen LogP contribution in [0.3, 0.4) is 0 Å². The number of esters is 1. The van der Waals surface area contributed by atoms with Crippen molar-refractivity contribution in [2.75, 3.05) is 33.9 Å². The zero-order chi connectivity index (χ0) is 22.1. The summed E-state index contributed by atoms with van der Waals surface area (Å²) in [6.07, 6.45) is 0. The molecule has 9 heteroatoms. The number of para-hydroxylation sites is 1. The summed E-state index contributed by atoms with van der Waals surface area (Å²) in [5.41, 5.74) is -1.34. The van der Waals surface area contributed by atoms with Gasteiger partial charge in [0, 0.05) is 26.2 Å². The fourth-order valence-electron chi connectivity index (χ4n) is 4.37. The van der Waals surface area contributed by atoms with Crippen molar-refractivity contribution in [1.29, 1.82) is 0 Å². The number of fused-ring (bicyclic) bond motifs is 1. The molecule has 1 aromatic carbocycles. The lowest BCUT2D eigenvalue weighted by Gasteiger charge is -2.30. The molecule has 4 atom stereocenters. The van der Waals surface area contributed by atoms with E-state index in [2.05, 4.69) is 5.32 Å². The Balaban J connectivity index is 1.76. The molecule has 1 N–H and O–H groups in total. The number of carbonyl (C=O) groups excluding carboxylic acids is 4. The highest BCUT2D eigenvalue weighted by Crippen LogP contribution is 2.43. The van der Waals surface area contributed by atoms with Gasteiger partial charge in [0.1, 0.15) is 11.3 Å². The number of amides is 3. The lowest BCUT2D eigenvalue weighted by Crippen LogP contribution is -2.56. The van der Waals surface area contributed by atoms with E-state index in [1.54, 1.807) is 24.0 Å². The van der Waals surface area contributed by atoms with Gasteiger partial charge in [-0.1, -0.05) is 18.2 Å². The van der Waals surface area contributed by atoms with Crippen LogP contribution in [0, 0.1) is 11.8 Å². The van der Waals surface area contributed by atoms with E-state index in [-0.39, 0.29) is 25.0 Å². The third-order valence-corrected chi connectivity index (χ3v) is 5.98. The largest absolute Gasteiger partial charge is 0.484 e. The van der Waals surface area contributed by atoms with E-state index in [1.165, 1.54) is 14.2 Å². The Morgan fingerprint density at radius 3 is 2.47 bits per heavy atom. The summed E-state index contributed by atoms with van der Waals surface area (Å²) >= 11 is 0. The predicted molar refractivity (Wildman–Crippen MR) is 106 cm³/mol. The third-order valence-electron chi connectivity index (χ3n) is 5.98. The summed E-state index contributed by atoms with van der Waals surface area (Å²) in [6.45, 7) is 3.78. The second-order valence-corrected chi connectivity index (χ2v) is 7.72. The van der Waals surface area contributed by atoms with Crippen LogP contribution >= 0.6 is 0 Å². The van der Waals surface area contributed by atoms with Crippen molar-refractivity contribution in [3.05, 3.63) is 30.3 Å². The van der Waals surface area contributed by atoms with Gasteiger partial charge in [-0.05, 0) is 26.0 Å². The molecule has 0 bridgehead atoms. The topological polar surface area (TPSA) is 105 Å². The van der Waals surface area contributed by atoms with Crippen LogP contribution in [-0.2, 0) is 23.9 Å². The fraction of sp³-hybridized carbons (Fsp3) is 0.524. The summed E-state index contributed by atoms with van der Waals surface area (Å²) in [5, 5.41) is 3.12. The second-order valence-electron chi connectivity index (χ2n) is 7.72. The molecule has 162 valence electrons. The highest BCUT2D eigenvalue weighted by Gasteiger charge is 2.66. The lowest BCUT2D eigenvalue weighted by molar-refractivity contribution is -0.152. The number of ether oxygens (including phenoxy) is 2. The molecule has 2 saturated heterocycles. The molecule has 30 heavy (non-hydrogen) atoms. The lowest BCUT2D eigenvalue weighted by atomic mass is 9.81. The summed E-state index contributed by atoms with van der Waals surface area (Å²) in [5.74, 6) is -2.69. The number of benzene rings is 1. The number of carbonyl (C=O) groups is 4. The Hall–Kier alpha value is -2.94. The maximum atomic E-state index is 12.7. The Labute approximate surface area is 175 Å². The van der Waals surface area contributed by atoms with Gasteiger partial charge in [-0.2, -0.15) is 0 Å². The van der Waals surface area contributed by atoms with Crippen LogP contribution in [0.2, 0.25) is 0 Å². The third kappa shape index (κ3) is 3.65. The number of likely N-dealkylation sites (tertiary alicyclic amines) is 1. The zero-order valence-electron chi connectivity index (χ0n) is 17.6. The van der Waals surface area contributed by atoms with Crippen LogP contribution in [0.5, 0.6) is 5.75 Å². The second kappa shape index (κ2) is 8.43. The van der Waals surface area contributed by atoms with Crippen LogP contribution in [0.1, 0.15) is 13.8 Å². The minimum atomic E-state index is -1.34. The van der Waals surface area contributed by atoms with Crippen molar-refractivity contribution in [2.45, 2.75) is 25.4 Å². The van der Waals surface area contributed by atoms with E-state index in [0.717, 1.165) is 4.90 Å². The molecule has 0 radical (unpaired) electrons. The standard InChI is InChI=1S/C21H27N3O6/c1-5-24(15(25)12-30-13-9-7-6-8-10-13)11-14-16-17(19(27)23(3)18(16)26)21(2,22-14)20(28)29-4/h6-10,14,16-17,22H,5,11-12H2,1-4H3/t14-,16+,17-,21-/m1/s1. The van der Waals surface area contributed by atoms with Crippen LogP contribution in [0.25, 0.3) is 0 Å². The minimum Gasteiger partial charge on any atom is -0.484 e. The van der Waals surface area contributed by atoms with Crippen molar-refractivity contribution < 1.29 is 28.7 Å². The van der Waals surface area contributed by atoms with Crippen LogP contribution in [0.15, 0.2) is 30.3 Å². The first-order valence-electron chi connectivity index (χ1n) is 9.87. The van der Waals surface area contributed by atoms with E-state index in [4.69, 9.17) is 9.47 Å². The molecule has 0 aromatic heterocycles. The van der Waals surface area contributed by atoms with Gasteiger partial charge in [0.2, 0.25) is 11.8 Å². The minimum absolute atomic E-state index is 0.153. The highest BCUT2D eigenvalue weighted by molar-refractivity contribution is 6.09. The quantitative estimate of drug-likeness (QED) is 0.494. The molecule has 2 aliphatic rings. The average molecular weight is 417 g/mol. The van der Waals surface area contributed by atoms with Gasteiger partial charge in [-0.3, -0.25) is 29.4 Å². The smallest absolute Gasteiger partial charge is 0.326 e. The molecule has 0 aliphatic carbocycles. The first-order chi connectivity index (χ1) is 14.2. The van der Waals surface area contributed by atoms with Crippen LogP contribution in [-0.4, -0.2) is 78.9 Å². The van der Waals surface area contributed by atoms with Gasteiger partial charge in [0.25, 0.3) is 5.91 Å². The van der Waals surface area contributed by atoms with Gasteiger partial charge >= 0.3 is 5.97 Å². The normalized spacial score (nSPS) is 27.7.